The van der Waals surface area contributed by atoms with Gasteiger partial charge >= 0.3 is 5.97 Å². The molecule has 1 atom stereocenters. The van der Waals surface area contributed by atoms with E-state index in [1.807, 2.05) is 42.5 Å². The number of pyridine rings is 1. The number of rotatable bonds is 4. The van der Waals surface area contributed by atoms with Crippen LogP contribution in [-0.4, -0.2) is 23.2 Å². The van der Waals surface area contributed by atoms with Gasteiger partial charge in [0.15, 0.2) is 0 Å². The van der Waals surface area contributed by atoms with Crippen LogP contribution >= 0.6 is 0 Å². The van der Waals surface area contributed by atoms with Crippen molar-refractivity contribution in [3.8, 4) is 0 Å². The van der Waals surface area contributed by atoms with Crippen LogP contribution < -0.4 is 0 Å². The predicted octanol–water partition coefficient (Wildman–Crippen LogP) is 3.25. The molecule has 22 heavy (non-hydrogen) atoms. The quantitative estimate of drug-likeness (QED) is 0.880. The number of aromatic nitrogens is 1. The molecule has 0 radical (unpaired) electrons. The molecule has 1 aliphatic carbocycles. The van der Waals surface area contributed by atoms with Gasteiger partial charge in [0.2, 0.25) is 0 Å². The van der Waals surface area contributed by atoms with Crippen molar-refractivity contribution >= 4 is 22.9 Å². The third kappa shape index (κ3) is 2.74. The standard InChI is InChI=1S/C18H19NO3/c1-12(20)15-6-5-14-4-3-13(11-16(14)19-15)7-8-18(9-10-18)17(21)22-2/h3-8,11-12,20H,9-10H2,1-2H3. The lowest BCUT2D eigenvalue weighted by Gasteiger charge is -2.07. The van der Waals surface area contributed by atoms with Crippen molar-refractivity contribution in [1.29, 1.82) is 0 Å². The molecule has 1 aromatic carbocycles. The van der Waals surface area contributed by atoms with Crippen molar-refractivity contribution in [3.63, 3.8) is 0 Å². The summed E-state index contributed by atoms with van der Waals surface area (Å²) in [6.45, 7) is 1.70. The number of carbonyl (C=O) groups excluding carboxylic acids is 1. The summed E-state index contributed by atoms with van der Waals surface area (Å²) < 4.78 is 4.85. The van der Waals surface area contributed by atoms with E-state index in [1.165, 1.54) is 7.11 Å². The zero-order valence-corrected chi connectivity index (χ0v) is 12.7. The number of hydrogen-bond acceptors (Lipinski definition) is 4. The Labute approximate surface area is 129 Å². The smallest absolute Gasteiger partial charge is 0.315 e. The fourth-order valence-electron chi connectivity index (χ4n) is 2.52. The molecule has 0 saturated heterocycles. The number of aliphatic hydroxyl groups excluding tert-OH is 1. The summed E-state index contributed by atoms with van der Waals surface area (Å²) >= 11 is 0. The molecule has 114 valence electrons. The van der Waals surface area contributed by atoms with E-state index in [2.05, 4.69) is 4.98 Å². The molecular formula is C18H19NO3. The Kier molecular flexibility index (Phi) is 3.71. The van der Waals surface area contributed by atoms with Crippen LogP contribution in [0.3, 0.4) is 0 Å². The van der Waals surface area contributed by atoms with Gasteiger partial charge in [0.1, 0.15) is 0 Å². The molecule has 1 fully saturated rings. The van der Waals surface area contributed by atoms with Crippen molar-refractivity contribution < 1.29 is 14.6 Å². The fourth-order valence-corrected chi connectivity index (χ4v) is 2.52. The van der Waals surface area contributed by atoms with Crippen LogP contribution in [0, 0.1) is 5.41 Å². The monoisotopic (exact) mass is 297 g/mol. The van der Waals surface area contributed by atoms with E-state index in [0.29, 0.717) is 5.69 Å². The van der Waals surface area contributed by atoms with Crippen molar-refractivity contribution in [2.24, 2.45) is 5.41 Å². The van der Waals surface area contributed by atoms with Gasteiger partial charge in [-0.25, -0.2) is 0 Å². The number of fused-ring (bicyclic) bond motifs is 1. The normalized spacial score (nSPS) is 17.6. The summed E-state index contributed by atoms with van der Waals surface area (Å²) in [5.74, 6) is -0.168. The maximum absolute atomic E-state index is 11.7. The fraction of sp³-hybridized carbons (Fsp3) is 0.333. The minimum absolute atomic E-state index is 0.168. The minimum atomic E-state index is -0.586. The summed E-state index contributed by atoms with van der Waals surface area (Å²) in [6, 6.07) is 9.74. The van der Waals surface area contributed by atoms with Gasteiger partial charge < -0.3 is 9.84 Å². The summed E-state index contributed by atoms with van der Waals surface area (Å²) in [4.78, 5) is 16.2. The van der Waals surface area contributed by atoms with Crippen LogP contribution in [0.25, 0.3) is 17.0 Å². The predicted molar refractivity (Wildman–Crippen MR) is 85.1 cm³/mol. The summed E-state index contributed by atoms with van der Waals surface area (Å²) in [7, 11) is 1.42. The number of nitrogens with zero attached hydrogens (tertiary/aromatic N) is 1. The van der Waals surface area contributed by atoms with E-state index in [-0.39, 0.29) is 5.97 Å². The molecule has 0 amide bonds. The molecule has 1 aromatic heterocycles. The molecule has 4 heteroatoms. The molecule has 3 rings (SSSR count). The van der Waals surface area contributed by atoms with Gasteiger partial charge in [-0.15, -0.1) is 0 Å². The highest BCUT2D eigenvalue weighted by atomic mass is 16.5. The SMILES string of the molecule is COC(=O)C1(C=Cc2ccc3ccc(C(C)O)nc3c2)CC1. The molecule has 1 aliphatic rings. The van der Waals surface area contributed by atoms with Crippen LogP contribution in [0.15, 0.2) is 36.4 Å². The second-order valence-corrected chi connectivity index (χ2v) is 5.85. The number of ether oxygens (including phenoxy) is 1. The Balaban J connectivity index is 1.90. The Morgan fingerprint density at radius 1 is 1.36 bits per heavy atom. The lowest BCUT2D eigenvalue weighted by molar-refractivity contribution is -0.145. The Morgan fingerprint density at radius 3 is 2.73 bits per heavy atom. The van der Waals surface area contributed by atoms with E-state index in [4.69, 9.17) is 4.74 Å². The topological polar surface area (TPSA) is 59.4 Å². The summed E-state index contributed by atoms with van der Waals surface area (Å²) in [5, 5.41) is 10.7. The zero-order chi connectivity index (χ0) is 15.7. The van der Waals surface area contributed by atoms with Gasteiger partial charge in [0.25, 0.3) is 0 Å². The van der Waals surface area contributed by atoms with Crippen LogP contribution in [0.2, 0.25) is 0 Å². The van der Waals surface area contributed by atoms with Gasteiger partial charge in [-0.05, 0) is 37.5 Å². The highest BCUT2D eigenvalue weighted by molar-refractivity contribution is 5.85. The molecule has 1 unspecified atom stereocenters. The largest absolute Gasteiger partial charge is 0.468 e. The molecule has 1 heterocycles. The highest BCUT2D eigenvalue weighted by Gasteiger charge is 2.48. The summed E-state index contributed by atoms with van der Waals surface area (Å²) in [5.41, 5.74) is 2.04. The third-order valence-corrected chi connectivity index (χ3v) is 4.14. The number of methoxy groups -OCH3 is 1. The van der Waals surface area contributed by atoms with Gasteiger partial charge in [-0.3, -0.25) is 9.78 Å². The molecule has 1 N–H and O–H groups in total. The molecule has 1 saturated carbocycles. The van der Waals surface area contributed by atoms with Gasteiger partial charge in [-0.2, -0.15) is 0 Å². The van der Waals surface area contributed by atoms with Crippen molar-refractivity contribution in [2.75, 3.05) is 7.11 Å². The zero-order valence-electron chi connectivity index (χ0n) is 12.7. The van der Waals surface area contributed by atoms with Crippen molar-refractivity contribution in [3.05, 3.63) is 47.7 Å². The van der Waals surface area contributed by atoms with E-state index >= 15 is 0 Å². The average molecular weight is 297 g/mol. The molecule has 0 bridgehead atoms. The van der Waals surface area contributed by atoms with E-state index in [1.54, 1.807) is 6.92 Å². The van der Waals surface area contributed by atoms with Gasteiger partial charge in [-0.1, -0.05) is 30.4 Å². The van der Waals surface area contributed by atoms with E-state index < -0.39 is 11.5 Å². The number of hydrogen-bond donors (Lipinski definition) is 1. The Hall–Kier alpha value is -2.20. The molecular weight excluding hydrogens is 278 g/mol. The first-order valence-electron chi connectivity index (χ1n) is 7.40. The van der Waals surface area contributed by atoms with Gasteiger partial charge in [0.05, 0.1) is 29.8 Å². The molecule has 2 aromatic rings. The molecule has 4 nitrogen and oxygen atoms in total. The van der Waals surface area contributed by atoms with Gasteiger partial charge in [0, 0.05) is 5.39 Å². The second kappa shape index (κ2) is 5.54. The molecule has 0 aliphatic heterocycles. The van der Waals surface area contributed by atoms with E-state index in [0.717, 1.165) is 29.3 Å². The average Bonchev–Trinajstić information content (AvgIpc) is 3.32. The Bertz CT molecular complexity index is 745. The van der Waals surface area contributed by atoms with Crippen molar-refractivity contribution in [1.82, 2.24) is 4.98 Å². The first kappa shape index (κ1) is 14.7. The highest BCUT2D eigenvalue weighted by Crippen LogP contribution is 2.48. The first-order valence-corrected chi connectivity index (χ1v) is 7.40. The number of benzene rings is 1. The minimum Gasteiger partial charge on any atom is -0.468 e. The number of esters is 1. The van der Waals surface area contributed by atoms with E-state index in [9.17, 15) is 9.90 Å². The van der Waals surface area contributed by atoms with Crippen LogP contribution in [0.4, 0.5) is 0 Å². The third-order valence-electron chi connectivity index (χ3n) is 4.14. The maximum atomic E-state index is 11.7. The maximum Gasteiger partial charge on any atom is 0.315 e. The number of aliphatic hydroxyl groups is 1. The first-order chi connectivity index (χ1) is 10.5. The van der Waals surface area contributed by atoms with Crippen LogP contribution in [0.1, 0.15) is 37.1 Å². The second-order valence-electron chi connectivity index (χ2n) is 5.85. The lowest BCUT2D eigenvalue weighted by atomic mass is 10.0. The number of carbonyl (C=O) groups is 1. The lowest BCUT2D eigenvalue weighted by Crippen LogP contribution is -2.14. The Morgan fingerprint density at radius 2 is 2.09 bits per heavy atom. The van der Waals surface area contributed by atoms with Crippen LogP contribution in [-0.2, 0) is 9.53 Å². The summed E-state index contributed by atoms with van der Waals surface area (Å²) in [6.07, 6.45) is 4.97. The van der Waals surface area contributed by atoms with Crippen molar-refractivity contribution in [2.45, 2.75) is 25.9 Å². The van der Waals surface area contributed by atoms with Crippen LogP contribution in [0.5, 0.6) is 0 Å². The molecule has 0 spiro atoms.